The number of hydrogen-bond acceptors (Lipinski definition) is 4. The molecule has 0 unspecified atom stereocenters. The third kappa shape index (κ3) is 4.98. The second kappa shape index (κ2) is 12.4. The Morgan fingerprint density at radius 1 is 0.426 bits per heavy atom. The number of rotatable bonds is 5. The smallest absolute Gasteiger partial charge is 0.166 e. The van der Waals surface area contributed by atoms with Crippen LogP contribution in [0.15, 0.2) is 158 Å². The zero-order valence-electron chi connectivity index (χ0n) is 29.7. The van der Waals surface area contributed by atoms with Crippen molar-refractivity contribution in [3.05, 3.63) is 174 Å². The van der Waals surface area contributed by atoms with Crippen LogP contribution in [0.25, 0.3) is 89.2 Å². The highest BCUT2D eigenvalue weighted by molar-refractivity contribution is 6.11. The van der Waals surface area contributed by atoms with E-state index in [1.165, 1.54) is 11.1 Å². The number of nitrogens with zero attached hydrogens (tertiary/aromatic N) is 6. The molecule has 0 saturated heterocycles. The van der Waals surface area contributed by atoms with Gasteiger partial charge in [-0.15, -0.1) is 0 Å². The molecule has 7 aromatic carbocycles. The first-order chi connectivity index (χ1) is 26.6. The Morgan fingerprint density at radius 3 is 1.39 bits per heavy atom. The summed E-state index contributed by atoms with van der Waals surface area (Å²) in [6, 6.07) is 56.7. The molecule has 254 valence electrons. The fourth-order valence-corrected chi connectivity index (χ4v) is 7.84. The molecule has 10 aromatic rings. The zero-order valence-corrected chi connectivity index (χ0v) is 29.7. The monoisotopic (exact) mass is 692 g/mol. The second-order valence-corrected chi connectivity index (χ2v) is 13.8. The SMILES string of the molecule is Cc1ccc2c(c1)c1ccccc1n2-c1cc(-c2nc(-c3ccccc3)nc(-c3ccccc3)n2)c(-n2c3ccccc3c3cc(C)ccc32)cc1C#N. The molecule has 0 spiro atoms. The van der Waals surface area contributed by atoms with Gasteiger partial charge in [-0.3, -0.25) is 0 Å². The van der Waals surface area contributed by atoms with Gasteiger partial charge in [-0.25, -0.2) is 15.0 Å². The largest absolute Gasteiger partial charge is 0.308 e. The summed E-state index contributed by atoms with van der Waals surface area (Å²) in [5.41, 5.74) is 11.1. The topological polar surface area (TPSA) is 72.3 Å². The fraction of sp³-hybridized carbons (Fsp3) is 0.0417. The first kappa shape index (κ1) is 31.4. The van der Waals surface area contributed by atoms with Crippen molar-refractivity contribution in [2.75, 3.05) is 0 Å². The van der Waals surface area contributed by atoms with Crippen molar-refractivity contribution in [3.8, 4) is 51.6 Å². The molecule has 3 aromatic heterocycles. The van der Waals surface area contributed by atoms with Crippen LogP contribution >= 0.6 is 0 Å². The predicted molar refractivity (Wildman–Crippen MR) is 219 cm³/mol. The number of para-hydroxylation sites is 2. The molecule has 0 aliphatic carbocycles. The molecule has 10 rings (SSSR count). The maximum atomic E-state index is 11.0. The van der Waals surface area contributed by atoms with E-state index >= 15 is 0 Å². The Bertz CT molecular complexity index is 3070. The standard InChI is InChI=1S/C48H32N6/c1-30-21-23-42-37(25-30)35-17-9-11-19-40(35)53(42)44-28-39(48-51-46(32-13-5-3-6-14-32)50-47(52-48)33-15-7-4-8-16-33)45(27-34(44)29-49)54-41-20-12-10-18-36(41)38-26-31(2)22-24-43(38)54/h3-28H,1-2H3. The van der Waals surface area contributed by atoms with Crippen LogP contribution in [0.2, 0.25) is 0 Å². The van der Waals surface area contributed by atoms with Crippen molar-refractivity contribution in [2.45, 2.75) is 13.8 Å². The first-order valence-corrected chi connectivity index (χ1v) is 18.0. The quantitative estimate of drug-likeness (QED) is 0.180. The van der Waals surface area contributed by atoms with Crippen molar-refractivity contribution in [3.63, 3.8) is 0 Å². The molecule has 6 heteroatoms. The maximum Gasteiger partial charge on any atom is 0.166 e. The first-order valence-electron chi connectivity index (χ1n) is 18.0. The van der Waals surface area contributed by atoms with Gasteiger partial charge in [0.2, 0.25) is 0 Å². The lowest BCUT2D eigenvalue weighted by molar-refractivity contribution is 1.06. The minimum atomic E-state index is 0.512. The summed E-state index contributed by atoms with van der Waals surface area (Å²) >= 11 is 0. The van der Waals surface area contributed by atoms with E-state index < -0.39 is 0 Å². The van der Waals surface area contributed by atoms with Crippen LogP contribution in [0.5, 0.6) is 0 Å². The van der Waals surface area contributed by atoms with Gasteiger partial charge < -0.3 is 9.13 Å². The van der Waals surface area contributed by atoms with Crippen LogP contribution in [0.1, 0.15) is 16.7 Å². The molecule has 0 amide bonds. The van der Waals surface area contributed by atoms with Gasteiger partial charge >= 0.3 is 0 Å². The number of nitriles is 1. The molecule has 0 aliphatic rings. The number of benzene rings is 7. The van der Waals surface area contributed by atoms with Crippen LogP contribution in [-0.2, 0) is 0 Å². The summed E-state index contributed by atoms with van der Waals surface area (Å²) < 4.78 is 4.47. The molecular weight excluding hydrogens is 661 g/mol. The third-order valence-corrected chi connectivity index (χ3v) is 10.3. The Hall–Kier alpha value is -7.36. The maximum absolute atomic E-state index is 11.0. The van der Waals surface area contributed by atoms with Gasteiger partial charge in [-0.1, -0.05) is 120 Å². The summed E-state index contributed by atoms with van der Waals surface area (Å²) in [4.78, 5) is 15.5. The van der Waals surface area contributed by atoms with E-state index in [0.29, 0.717) is 23.0 Å². The molecule has 6 nitrogen and oxygen atoms in total. The third-order valence-electron chi connectivity index (χ3n) is 10.3. The summed E-state index contributed by atoms with van der Waals surface area (Å²) in [5, 5.41) is 15.6. The fourth-order valence-electron chi connectivity index (χ4n) is 7.84. The average Bonchev–Trinajstić information content (AvgIpc) is 3.72. The van der Waals surface area contributed by atoms with E-state index in [4.69, 9.17) is 15.0 Å². The van der Waals surface area contributed by atoms with Crippen molar-refractivity contribution in [2.24, 2.45) is 0 Å². The van der Waals surface area contributed by atoms with E-state index in [0.717, 1.165) is 71.7 Å². The minimum absolute atomic E-state index is 0.512. The normalized spacial score (nSPS) is 11.5. The molecule has 54 heavy (non-hydrogen) atoms. The second-order valence-electron chi connectivity index (χ2n) is 13.8. The summed E-state index contributed by atoms with van der Waals surface area (Å²) in [6.45, 7) is 4.23. The highest BCUT2D eigenvalue weighted by Crippen LogP contribution is 2.41. The number of fused-ring (bicyclic) bond motifs is 6. The predicted octanol–water partition coefficient (Wildman–Crippen LogP) is 11.6. The van der Waals surface area contributed by atoms with Gasteiger partial charge in [-0.2, -0.15) is 5.26 Å². The van der Waals surface area contributed by atoms with E-state index in [1.54, 1.807) is 0 Å². The average molecular weight is 693 g/mol. The van der Waals surface area contributed by atoms with Gasteiger partial charge in [0.05, 0.1) is 39.0 Å². The van der Waals surface area contributed by atoms with Gasteiger partial charge in [0.15, 0.2) is 17.5 Å². The Kier molecular flexibility index (Phi) is 7.21. The van der Waals surface area contributed by atoms with E-state index in [-0.39, 0.29) is 0 Å². The van der Waals surface area contributed by atoms with Crippen molar-refractivity contribution in [1.82, 2.24) is 24.1 Å². The van der Waals surface area contributed by atoms with Crippen LogP contribution in [0, 0.1) is 25.2 Å². The molecule has 0 bridgehead atoms. The van der Waals surface area contributed by atoms with Crippen LogP contribution < -0.4 is 0 Å². The van der Waals surface area contributed by atoms with Crippen molar-refractivity contribution < 1.29 is 0 Å². The summed E-state index contributed by atoms with van der Waals surface area (Å²) in [6.07, 6.45) is 0. The molecule has 0 saturated carbocycles. The lowest BCUT2D eigenvalue weighted by Gasteiger charge is -2.18. The van der Waals surface area contributed by atoms with E-state index in [1.807, 2.05) is 66.7 Å². The van der Waals surface area contributed by atoms with Crippen molar-refractivity contribution in [1.29, 1.82) is 5.26 Å². The van der Waals surface area contributed by atoms with E-state index in [2.05, 4.69) is 120 Å². The lowest BCUT2D eigenvalue weighted by atomic mass is 10.0. The van der Waals surface area contributed by atoms with Gasteiger partial charge in [-0.05, 0) is 62.4 Å². The van der Waals surface area contributed by atoms with Gasteiger partial charge in [0, 0.05) is 38.2 Å². The summed E-state index contributed by atoms with van der Waals surface area (Å²) in [5.74, 6) is 1.65. The Balaban J connectivity index is 1.36. The van der Waals surface area contributed by atoms with Crippen LogP contribution in [0.4, 0.5) is 0 Å². The van der Waals surface area contributed by atoms with Gasteiger partial charge in [0.1, 0.15) is 6.07 Å². The highest BCUT2D eigenvalue weighted by Gasteiger charge is 2.24. The zero-order chi connectivity index (χ0) is 36.3. The van der Waals surface area contributed by atoms with Gasteiger partial charge in [0.25, 0.3) is 0 Å². The number of aryl methyl sites for hydroxylation is 2. The van der Waals surface area contributed by atoms with Crippen LogP contribution in [-0.4, -0.2) is 24.1 Å². The highest BCUT2D eigenvalue weighted by atomic mass is 15.1. The van der Waals surface area contributed by atoms with Crippen molar-refractivity contribution >= 4 is 43.6 Å². The minimum Gasteiger partial charge on any atom is -0.308 e. The summed E-state index contributed by atoms with van der Waals surface area (Å²) in [7, 11) is 0. The Morgan fingerprint density at radius 2 is 0.870 bits per heavy atom. The van der Waals surface area contributed by atoms with E-state index in [9.17, 15) is 5.26 Å². The molecule has 0 fully saturated rings. The molecular formula is C48H32N6. The molecule has 0 radical (unpaired) electrons. The van der Waals surface area contributed by atoms with Crippen LogP contribution in [0.3, 0.4) is 0 Å². The lowest BCUT2D eigenvalue weighted by Crippen LogP contribution is -2.07. The molecule has 0 atom stereocenters. The molecule has 3 heterocycles. The Labute approximate surface area is 311 Å². The number of aromatic nitrogens is 5. The molecule has 0 aliphatic heterocycles. The molecule has 0 N–H and O–H groups in total. The number of hydrogen-bond donors (Lipinski definition) is 0.